The molecule has 3 fully saturated rings. The molecule has 12 N–H and O–H groups in total. The Morgan fingerprint density at radius 2 is 0.673 bits per heavy atom. The van der Waals surface area contributed by atoms with Crippen molar-refractivity contribution in [3.63, 3.8) is 0 Å². The summed E-state index contributed by atoms with van der Waals surface area (Å²) in [5.41, 5.74) is 0. The fraction of sp³-hybridized carbons (Fsp3) is 0.911. The van der Waals surface area contributed by atoms with Gasteiger partial charge in [0.15, 0.2) is 18.9 Å². The largest absolute Gasteiger partial charge is 0.394 e. The molecule has 19 heteroatoms. The van der Waals surface area contributed by atoms with E-state index in [-0.39, 0.29) is 18.9 Å². The Balaban J connectivity index is 1.36. The third kappa shape index (κ3) is 40.3. The number of nitrogens with one attached hydrogen (secondary N) is 1. The van der Waals surface area contributed by atoms with Gasteiger partial charge in [0.1, 0.15) is 73.2 Å². The second kappa shape index (κ2) is 60.3. The standard InChI is InChI=1S/C79H147NO18/c1-3-5-7-9-11-13-15-17-19-21-23-25-26-27-28-29-30-31-32-33-34-35-37-38-40-42-44-46-48-50-52-54-56-63(84)62(80-67(85)57-55-53-51-49-47-45-43-41-39-36-24-22-20-18-16-14-12-10-8-6-4-2)61-93-77-73(91)70(88)75(65(59-82)95-77)98-79-74(92)71(89)76(66(60-83)96-79)97-78-72(90)69(87)68(86)64(58-81)94-78/h16,18,22,24,39,41,62-66,68-79,81-84,86-92H,3-15,17,19-21,23,25-38,40,42-61H2,1-2H3,(H,80,85)/b18-16-,24-22-,41-39-. The fourth-order valence-corrected chi connectivity index (χ4v) is 13.7. The molecule has 0 aromatic heterocycles. The molecule has 0 aliphatic carbocycles. The lowest BCUT2D eigenvalue weighted by atomic mass is 9.96. The molecular formula is C79H147NO18. The van der Waals surface area contributed by atoms with Crippen LogP contribution in [0.15, 0.2) is 36.5 Å². The maximum Gasteiger partial charge on any atom is 0.220 e. The topological polar surface area (TPSA) is 307 Å². The molecule has 17 atom stereocenters. The summed E-state index contributed by atoms with van der Waals surface area (Å²) in [6.45, 7) is 1.82. The van der Waals surface area contributed by atoms with Crippen LogP contribution in [-0.4, -0.2) is 193 Å². The first-order valence-electron chi connectivity index (χ1n) is 40.2. The Bertz CT molecular complexity index is 1910. The Kier molecular flexibility index (Phi) is 55.5. The molecule has 0 bridgehead atoms. The van der Waals surface area contributed by atoms with Gasteiger partial charge < -0.3 is 89.9 Å². The molecule has 98 heavy (non-hydrogen) atoms. The molecule has 1 amide bonds. The van der Waals surface area contributed by atoms with Crippen molar-refractivity contribution in [3.8, 4) is 0 Å². The first-order valence-corrected chi connectivity index (χ1v) is 40.2. The fourth-order valence-electron chi connectivity index (χ4n) is 13.7. The van der Waals surface area contributed by atoms with Crippen LogP contribution >= 0.6 is 0 Å². The van der Waals surface area contributed by atoms with Gasteiger partial charge in [0.05, 0.1) is 38.6 Å². The molecular weight excluding hydrogens is 1250 g/mol. The highest BCUT2D eigenvalue weighted by Crippen LogP contribution is 2.33. The maximum atomic E-state index is 13.5. The van der Waals surface area contributed by atoms with Crippen molar-refractivity contribution < 1.29 is 89.4 Å². The molecule has 3 aliphatic rings. The first kappa shape index (κ1) is 90.2. The average Bonchev–Trinajstić information content (AvgIpc) is 0.784. The monoisotopic (exact) mass is 1400 g/mol. The lowest BCUT2D eigenvalue weighted by molar-refractivity contribution is -0.379. The Hall–Kier alpha value is -1.99. The maximum absolute atomic E-state index is 13.5. The molecule has 17 unspecified atom stereocenters. The summed E-state index contributed by atoms with van der Waals surface area (Å²) in [5, 5.41) is 121. The van der Waals surface area contributed by atoms with Gasteiger partial charge >= 0.3 is 0 Å². The van der Waals surface area contributed by atoms with Crippen LogP contribution in [0.25, 0.3) is 0 Å². The van der Waals surface area contributed by atoms with E-state index < -0.39 is 124 Å². The van der Waals surface area contributed by atoms with Crippen molar-refractivity contribution >= 4 is 5.91 Å². The van der Waals surface area contributed by atoms with Crippen molar-refractivity contribution in [2.45, 2.75) is 433 Å². The van der Waals surface area contributed by atoms with Crippen LogP contribution in [0.4, 0.5) is 0 Å². The summed E-state index contributed by atoms with van der Waals surface area (Å²) >= 11 is 0. The summed E-state index contributed by atoms with van der Waals surface area (Å²) in [5.74, 6) is -0.251. The molecule has 3 aliphatic heterocycles. The zero-order valence-electron chi connectivity index (χ0n) is 61.5. The summed E-state index contributed by atoms with van der Waals surface area (Å²) < 4.78 is 34.5. The number of aliphatic hydroxyl groups excluding tert-OH is 11. The highest BCUT2D eigenvalue weighted by atomic mass is 16.8. The van der Waals surface area contributed by atoms with Crippen molar-refractivity contribution in [1.29, 1.82) is 0 Å². The molecule has 0 aromatic carbocycles. The van der Waals surface area contributed by atoms with E-state index in [0.717, 1.165) is 77.0 Å². The number of rotatable bonds is 64. The van der Waals surface area contributed by atoms with E-state index >= 15 is 0 Å². The third-order valence-electron chi connectivity index (χ3n) is 20.2. The number of carbonyl (C=O) groups excluding carboxylic acids is 1. The van der Waals surface area contributed by atoms with Crippen LogP contribution in [0, 0.1) is 0 Å². The SMILES string of the molecule is CCCCCCC/C=C\C/C=C\C/C=C\CCCCCCCCC(=O)NC(COC1OC(CO)C(OC2OC(CO)C(OC3OC(CO)C(O)C(O)C3O)C(O)C2O)C(O)C1O)C(O)CCCCCCCCCCCCCCCCCCCCCCCCCCCCCCCCCC. The molecule has 0 spiro atoms. The van der Waals surface area contributed by atoms with Gasteiger partial charge in [-0.15, -0.1) is 0 Å². The summed E-state index contributed by atoms with van der Waals surface area (Å²) in [7, 11) is 0. The number of hydrogen-bond donors (Lipinski definition) is 12. The predicted molar refractivity (Wildman–Crippen MR) is 388 cm³/mol. The van der Waals surface area contributed by atoms with Crippen LogP contribution in [0.2, 0.25) is 0 Å². The second-order valence-corrected chi connectivity index (χ2v) is 28.9. The zero-order valence-corrected chi connectivity index (χ0v) is 61.5. The van der Waals surface area contributed by atoms with E-state index in [1.54, 1.807) is 0 Å². The van der Waals surface area contributed by atoms with E-state index in [1.807, 2.05) is 0 Å². The number of amides is 1. The van der Waals surface area contributed by atoms with Gasteiger partial charge in [-0.1, -0.05) is 307 Å². The number of allylic oxidation sites excluding steroid dienone is 6. The van der Waals surface area contributed by atoms with Crippen LogP contribution in [-0.2, 0) is 33.2 Å². The molecule has 3 heterocycles. The molecule has 3 rings (SSSR count). The van der Waals surface area contributed by atoms with Gasteiger partial charge in [-0.2, -0.15) is 0 Å². The Morgan fingerprint density at radius 1 is 0.367 bits per heavy atom. The summed E-state index contributed by atoms with van der Waals surface area (Å²) in [6, 6.07) is -0.897. The number of ether oxygens (including phenoxy) is 6. The van der Waals surface area contributed by atoms with Crippen molar-refractivity contribution in [1.82, 2.24) is 5.32 Å². The van der Waals surface area contributed by atoms with E-state index in [4.69, 9.17) is 28.4 Å². The van der Waals surface area contributed by atoms with Crippen LogP contribution in [0.5, 0.6) is 0 Å². The van der Waals surface area contributed by atoms with Gasteiger partial charge in [0.25, 0.3) is 0 Å². The van der Waals surface area contributed by atoms with Gasteiger partial charge in [-0.25, -0.2) is 0 Å². The number of carbonyl (C=O) groups is 1. The Labute approximate surface area is 593 Å². The molecule has 19 nitrogen and oxygen atoms in total. The summed E-state index contributed by atoms with van der Waals surface area (Å²) in [4.78, 5) is 13.5. The average molecular weight is 1400 g/mol. The lowest BCUT2D eigenvalue weighted by Crippen LogP contribution is -2.66. The van der Waals surface area contributed by atoms with E-state index in [9.17, 15) is 61.0 Å². The van der Waals surface area contributed by atoms with Gasteiger partial charge in [0, 0.05) is 6.42 Å². The van der Waals surface area contributed by atoms with Crippen molar-refractivity contribution in [3.05, 3.63) is 36.5 Å². The van der Waals surface area contributed by atoms with E-state index in [2.05, 4.69) is 55.6 Å². The highest BCUT2D eigenvalue weighted by Gasteiger charge is 2.54. The lowest BCUT2D eigenvalue weighted by Gasteiger charge is -2.48. The second-order valence-electron chi connectivity index (χ2n) is 28.9. The number of unbranched alkanes of at least 4 members (excludes halogenated alkanes) is 42. The van der Waals surface area contributed by atoms with Crippen molar-refractivity contribution in [2.24, 2.45) is 0 Å². The molecule has 0 aromatic rings. The Morgan fingerprint density at radius 3 is 1.05 bits per heavy atom. The van der Waals surface area contributed by atoms with Gasteiger partial charge in [0.2, 0.25) is 5.91 Å². The van der Waals surface area contributed by atoms with Gasteiger partial charge in [-0.05, 0) is 51.4 Å². The van der Waals surface area contributed by atoms with Crippen LogP contribution in [0.1, 0.15) is 328 Å². The van der Waals surface area contributed by atoms with Crippen LogP contribution in [0.3, 0.4) is 0 Å². The van der Waals surface area contributed by atoms with E-state index in [0.29, 0.717) is 12.8 Å². The minimum Gasteiger partial charge on any atom is -0.394 e. The van der Waals surface area contributed by atoms with Crippen molar-refractivity contribution in [2.75, 3.05) is 26.4 Å². The third-order valence-corrected chi connectivity index (χ3v) is 20.2. The molecule has 0 saturated carbocycles. The number of aliphatic hydroxyl groups is 11. The molecule has 3 saturated heterocycles. The van der Waals surface area contributed by atoms with E-state index in [1.165, 1.54) is 218 Å². The van der Waals surface area contributed by atoms with Gasteiger partial charge in [-0.3, -0.25) is 4.79 Å². The zero-order chi connectivity index (χ0) is 71.1. The quantitative estimate of drug-likeness (QED) is 0.0199. The summed E-state index contributed by atoms with van der Waals surface area (Å²) in [6.07, 6.45) is 46.7. The van der Waals surface area contributed by atoms with Crippen LogP contribution < -0.4 is 5.32 Å². The smallest absolute Gasteiger partial charge is 0.220 e. The minimum absolute atomic E-state index is 0.251. The normalized spacial score (nSPS) is 26.9. The predicted octanol–water partition coefficient (Wildman–Crippen LogP) is 13.1. The highest BCUT2D eigenvalue weighted by molar-refractivity contribution is 5.76. The minimum atomic E-state index is -1.98. The molecule has 0 radical (unpaired) electrons. The number of hydrogen-bond acceptors (Lipinski definition) is 18. The first-order chi connectivity index (χ1) is 47.8. The molecule has 576 valence electrons.